The average molecular weight is 318 g/mol. The molecule has 0 atom stereocenters. The fraction of sp³-hybridized carbons (Fsp3) is 0.632. The molecule has 1 aliphatic heterocycles. The van der Waals surface area contributed by atoms with E-state index < -0.39 is 0 Å². The van der Waals surface area contributed by atoms with E-state index in [9.17, 15) is 4.79 Å². The smallest absolute Gasteiger partial charge is 0.241 e. The number of carbonyl (C=O) groups is 1. The number of ether oxygens (including phenoxy) is 1. The second-order valence-electron chi connectivity index (χ2n) is 7.09. The van der Waals surface area contributed by atoms with E-state index in [1.165, 1.54) is 5.56 Å². The summed E-state index contributed by atoms with van der Waals surface area (Å²) in [4.78, 5) is 16.7. The van der Waals surface area contributed by atoms with Crippen molar-refractivity contribution in [2.75, 3.05) is 38.2 Å². The number of piperazine rings is 1. The van der Waals surface area contributed by atoms with Crippen molar-refractivity contribution >= 4 is 11.6 Å². The molecule has 0 bridgehead atoms. The molecular weight excluding hydrogens is 288 g/mol. The lowest BCUT2D eigenvalue weighted by molar-refractivity contribution is -0.121. The largest absolute Gasteiger partial charge is 0.496 e. The quantitative estimate of drug-likeness (QED) is 0.804. The summed E-state index contributed by atoms with van der Waals surface area (Å²) in [5.74, 6) is 2.13. The number of methoxy groups -OCH3 is 1. The van der Waals surface area contributed by atoms with E-state index in [-0.39, 0.29) is 5.91 Å². The normalized spacial score (nSPS) is 16.5. The van der Waals surface area contributed by atoms with Crippen LogP contribution in [-0.2, 0) is 4.79 Å². The average Bonchev–Trinajstić information content (AvgIpc) is 2.52. The van der Waals surface area contributed by atoms with Crippen molar-refractivity contribution < 1.29 is 9.53 Å². The van der Waals surface area contributed by atoms with E-state index in [1.54, 1.807) is 7.11 Å². The summed E-state index contributed by atoms with van der Waals surface area (Å²) in [6.07, 6.45) is 1.14. The van der Waals surface area contributed by atoms with Crippen molar-refractivity contribution in [3.05, 3.63) is 23.8 Å². The highest BCUT2D eigenvalue weighted by molar-refractivity contribution is 5.95. The van der Waals surface area contributed by atoms with Crippen LogP contribution in [-0.4, -0.2) is 44.1 Å². The van der Waals surface area contributed by atoms with Gasteiger partial charge in [-0.2, -0.15) is 0 Å². The maximum absolute atomic E-state index is 12.5. The van der Waals surface area contributed by atoms with E-state index in [2.05, 4.69) is 38.7 Å². The van der Waals surface area contributed by atoms with Crippen LogP contribution in [0.3, 0.4) is 0 Å². The Hall–Kier alpha value is -1.55. The molecule has 1 saturated heterocycles. The highest BCUT2D eigenvalue weighted by Gasteiger charge is 2.25. The Balaban J connectivity index is 2.07. The van der Waals surface area contributed by atoms with Gasteiger partial charge in [0.15, 0.2) is 0 Å². The number of rotatable bonds is 6. The molecule has 0 saturated carbocycles. The van der Waals surface area contributed by atoms with Gasteiger partial charge in [0.25, 0.3) is 0 Å². The molecule has 1 aliphatic rings. The third kappa shape index (κ3) is 4.47. The van der Waals surface area contributed by atoms with Crippen molar-refractivity contribution in [3.8, 4) is 5.75 Å². The van der Waals surface area contributed by atoms with Crippen molar-refractivity contribution in [2.45, 2.75) is 40.0 Å². The topological polar surface area (TPSA) is 32.8 Å². The van der Waals surface area contributed by atoms with Gasteiger partial charge >= 0.3 is 0 Å². The summed E-state index contributed by atoms with van der Waals surface area (Å²) in [7, 11) is 1.69. The maximum atomic E-state index is 12.5. The lowest BCUT2D eigenvalue weighted by Crippen LogP contribution is -2.50. The van der Waals surface area contributed by atoms with Crippen LogP contribution in [0.5, 0.6) is 5.75 Å². The Morgan fingerprint density at radius 2 is 1.91 bits per heavy atom. The first-order valence-corrected chi connectivity index (χ1v) is 8.63. The minimum atomic E-state index is 0.180. The Morgan fingerprint density at radius 3 is 2.48 bits per heavy atom. The lowest BCUT2D eigenvalue weighted by Gasteiger charge is -2.35. The van der Waals surface area contributed by atoms with Crippen molar-refractivity contribution in [1.82, 2.24) is 4.90 Å². The Kier molecular flexibility index (Phi) is 6.05. The summed E-state index contributed by atoms with van der Waals surface area (Å²) in [6.45, 7) is 12.0. The molecule has 0 N–H and O–H groups in total. The summed E-state index contributed by atoms with van der Waals surface area (Å²) in [5.41, 5.74) is 2.12. The molecule has 1 aromatic carbocycles. The molecule has 0 aliphatic carbocycles. The van der Waals surface area contributed by atoms with E-state index in [0.717, 1.165) is 37.5 Å². The first-order chi connectivity index (χ1) is 10.9. The zero-order valence-corrected chi connectivity index (χ0v) is 15.1. The van der Waals surface area contributed by atoms with Gasteiger partial charge in [-0.15, -0.1) is 0 Å². The summed E-state index contributed by atoms with van der Waals surface area (Å²) < 4.78 is 5.51. The third-order valence-electron chi connectivity index (χ3n) is 4.47. The van der Waals surface area contributed by atoms with Gasteiger partial charge in [0, 0.05) is 24.8 Å². The molecule has 1 fully saturated rings. The molecule has 0 unspecified atom stereocenters. The fourth-order valence-corrected chi connectivity index (χ4v) is 2.97. The van der Waals surface area contributed by atoms with Crippen molar-refractivity contribution in [1.29, 1.82) is 0 Å². The first-order valence-electron chi connectivity index (χ1n) is 8.63. The maximum Gasteiger partial charge on any atom is 0.241 e. The Morgan fingerprint density at radius 1 is 1.17 bits per heavy atom. The predicted octanol–water partition coefficient (Wildman–Crippen LogP) is 3.51. The predicted molar refractivity (Wildman–Crippen MR) is 95.3 cm³/mol. The van der Waals surface area contributed by atoms with Gasteiger partial charge in [0.1, 0.15) is 5.75 Å². The number of hydrogen-bond donors (Lipinski definition) is 0. The SMILES string of the molecule is COc1cc(N2CCN(CCC(C)C)CC2=O)ccc1C(C)C. The van der Waals surface area contributed by atoms with Gasteiger partial charge in [-0.25, -0.2) is 0 Å². The van der Waals surface area contributed by atoms with Gasteiger partial charge in [0.05, 0.1) is 13.7 Å². The summed E-state index contributed by atoms with van der Waals surface area (Å²) in [5, 5.41) is 0. The number of hydrogen-bond acceptors (Lipinski definition) is 3. The second kappa shape index (κ2) is 7.82. The Bertz CT molecular complexity index is 540. The molecule has 23 heavy (non-hydrogen) atoms. The lowest BCUT2D eigenvalue weighted by atomic mass is 10.0. The van der Waals surface area contributed by atoms with Gasteiger partial charge in [-0.05, 0) is 36.4 Å². The number of carbonyl (C=O) groups excluding carboxylic acids is 1. The van der Waals surface area contributed by atoms with E-state index >= 15 is 0 Å². The van der Waals surface area contributed by atoms with Crippen LogP contribution < -0.4 is 9.64 Å². The van der Waals surface area contributed by atoms with E-state index in [1.807, 2.05) is 17.0 Å². The molecule has 128 valence electrons. The van der Waals surface area contributed by atoms with Crippen LogP contribution in [0, 0.1) is 5.92 Å². The summed E-state index contributed by atoms with van der Waals surface area (Å²) >= 11 is 0. The molecule has 1 heterocycles. The van der Waals surface area contributed by atoms with Crippen LogP contribution in [0.4, 0.5) is 5.69 Å². The van der Waals surface area contributed by atoms with Crippen molar-refractivity contribution in [2.24, 2.45) is 5.92 Å². The Labute approximate surface area is 140 Å². The zero-order chi connectivity index (χ0) is 17.0. The number of anilines is 1. The van der Waals surface area contributed by atoms with E-state index in [0.29, 0.717) is 18.4 Å². The van der Waals surface area contributed by atoms with Gasteiger partial charge in [0.2, 0.25) is 5.91 Å². The molecule has 1 aromatic rings. The fourth-order valence-electron chi connectivity index (χ4n) is 2.97. The van der Waals surface area contributed by atoms with Gasteiger partial charge in [-0.1, -0.05) is 33.8 Å². The minimum absolute atomic E-state index is 0.180. The van der Waals surface area contributed by atoms with E-state index in [4.69, 9.17) is 4.74 Å². The third-order valence-corrected chi connectivity index (χ3v) is 4.47. The standard InChI is InChI=1S/C19H30N2O2/c1-14(2)8-9-20-10-11-21(19(22)13-20)16-6-7-17(15(3)4)18(12-16)23-5/h6-7,12,14-15H,8-11,13H2,1-5H3. The summed E-state index contributed by atoms with van der Waals surface area (Å²) in [6, 6.07) is 6.12. The molecule has 4 heteroatoms. The number of nitrogens with zero attached hydrogens (tertiary/aromatic N) is 2. The molecule has 4 nitrogen and oxygen atoms in total. The highest BCUT2D eigenvalue weighted by Crippen LogP contribution is 2.31. The molecule has 0 radical (unpaired) electrons. The van der Waals surface area contributed by atoms with Crippen LogP contribution in [0.25, 0.3) is 0 Å². The molecule has 0 aromatic heterocycles. The number of amides is 1. The molecule has 0 spiro atoms. The van der Waals surface area contributed by atoms with Crippen LogP contribution >= 0.6 is 0 Å². The zero-order valence-electron chi connectivity index (χ0n) is 15.1. The second-order valence-corrected chi connectivity index (χ2v) is 7.09. The monoisotopic (exact) mass is 318 g/mol. The minimum Gasteiger partial charge on any atom is -0.496 e. The first kappa shape index (κ1) is 17.8. The van der Waals surface area contributed by atoms with Gasteiger partial charge < -0.3 is 9.64 Å². The molecule has 2 rings (SSSR count). The van der Waals surface area contributed by atoms with Gasteiger partial charge in [-0.3, -0.25) is 9.69 Å². The molecule has 1 amide bonds. The van der Waals surface area contributed by atoms with Crippen LogP contribution in [0.2, 0.25) is 0 Å². The number of benzene rings is 1. The van der Waals surface area contributed by atoms with Crippen molar-refractivity contribution in [3.63, 3.8) is 0 Å². The highest BCUT2D eigenvalue weighted by atomic mass is 16.5. The van der Waals surface area contributed by atoms with Crippen LogP contribution in [0.1, 0.15) is 45.6 Å². The molecular formula is C19H30N2O2. The van der Waals surface area contributed by atoms with Crippen LogP contribution in [0.15, 0.2) is 18.2 Å².